The van der Waals surface area contributed by atoms with Crippen LogP contribution in [0.5, 0.6) is 0 Å². The molecule has 0 bridgehead atoms. The summed E-state index contributed by atoms with van der Waals surface area (Å²) in [5, 5.41) is 19.0. The first-order chi connectivity index (χ1) is 25.8. The Morgan fingerprint density at radius 2 is 1.37 bits per heavy atom. The summed E-state index contributed by atoms with van der Waals surface area (Å²) < 4.78 is 17.1. The number of hydrogen-bond donors (Lipinski definition) is 2. The number of hydrogen-bond acceptors (Lipinski definition) is 8. The molecule has 1 unspecified atom stereocenters. The fourth-order valence-corrected chi connectivity index (χ4v) is 7.39. The summed E-state index contributed by atoms with van der Waals surface area (Å²) in [5.41, 5.74) is 5.39. The predicted octanol–water partition coefficient (Wildman–Crippen LogP) is 9.10. The van der Waals surface area contributed by atoms with E-state index in [0.717, 1.165) is 23.5 Å². The van der Waals surface area contributed by atoms with E-state index in [-0.39, 0.29) is 50.6 Å². The third kappa shape index (κ3) is 13.8. The van der Waals surface area contributed by atoms with Gasteiger partial charge in [0.15, 0.2) is 0 Å². The number of esters is 3. The monoisotopic (exact) mass is 746 g/mol. The molecule has 2 aromatic rings. The molecule has 8 nitrogen and oxygen atoms in total. The van der Waals surface area contributed by atoms with E-state index in [2.05, 4.69) is 69.5 Å². The van der Waals surface area contributed by atoms with Crippen LogP contribution in [0.15, 0.2) is 66.8 Å². The second kappa shape index (κ2) is 22.6. The number of aryl methyl sites for hydroxylation is 2. The molecule has 8 heteroatoms. The molecule has 3 rings (SSSR count). The predicted molar refractivity (Wildman–Crippen MR) is 215 cm³/mol. The van der Waals surface area contributed by atoms with Crippen molar-refractivity contribution in [1.29, 1.82) is 0 Å². The third-order valence-electron chi connectivity index (χ3n) is 11.1. The summed E-state index contributed by atoms with van der Waals surface area (Å²) in [4.78, 5) is 38.3. The molecule has 2 N–H and O–H groups in total. The Labute approximate surface area is 324 Å². The van der Waals surface area contributed by atoms with Crippen LogP contribution < -0.4 is 0 Å². The summed E-state index contributed by atoms with van der Waals surface area (Å²) in [6.07, 6.45) is 12.6. The molecule has 0 spiro atoms. The fraction of sp³-hybridized carbons (Fsp3) is 0.587. The van der Waals surface area contributed by atoms with Crippen LogP contribution >= 0.6 is 0 Å². The number of aliphatic hydroxyl groups is 2. The zero-order valence-corrected chi connectivity index (χ0v) is 33.6. The van der Waals surface area contributed by atoms with Crippen LogP contribution in [0.1, 0.15) is 121 Å². The van der Waals surface area contributed by atoms with Gasteiger partial charge in [-0.05, 0) is 105 Å². The topological polar surface area (TPSA) is 119 Å². The Kier molecular flexibility index (Phi) is 18.7. The number of carbonyl (C=O) groups excluding carboxylic acids is 3. The molecule has 0 amide bonds. The van der Waals surface area contributed by atoms with Gasteiger partial charge < -0.3 is 24.4 Å². The minimum atomic E-state index is -1.08. The lowest BCUT2D eigenvalue weighted by molar-refractivity contribution is -0.162. The van der Waals surface area contributed by atoms with Crippen molar-refractivity contribution < 1.29 is 38.8 Å². The van der Waals surface area contributed by atoms with Crippen LogP contribution in [-0.4, -0.2) is 61.2 Å². The number of unbranched alkanes of at least 4 members (excludes halogenated alkanes) is 2. The Hall–Kier alpha value is -3.75. The van der Waals surface area contributed by atoms with Crippen LogP contribution in [0.3, 0.4) is 0 Å². The molecule has 0 radical (unpaired) electrons. The largest absolute Gasteiger partial charge is 0.465 e. The molecule has 1 aliphatic rings. The van der Waals surface area contributed by atoms with Gasteiger partial charge in [0.25, 0.3) is 0 Å². The Morgan fingerprint density at radius 3 is 1.91 bits per heavy atom. The Balaban J connectivity index is 1.80. The number of rotatable bonds is 23. The van der Waals surface area contributed by atoms with Crippen LogP contribution in [0.25, 0.3) is 11.1 Å². The normalized spacial score (nSPS) is 16.4. The molecule has 0 saturated heterocycles. The standard InChI is InChI=1S/C46H66O8/c1-8-10-11-12-35-13-15-38(16-14-35)39-17-19-40(20-18-39)42-22-21-41(37(9-2)26-42)23-24-46(29-52-43(49)32(3)4,30-53-44(50)33(5)6)31-54-45(51)34(7)25-36(27-47)28-48/h17-22,26,34-36,38,47-48H,3,5,8-16,23-25,27-31H2,1-2,4,6-7H3. The van der Waals surface area contributed by atoms with E-state index in [4.69, 9.17) is 14.2 Å². The minimum Gasteiger partial charge on any atom is -0.465 e. The molecule has 0 aromatic heterocycles. The van der Waals surface area contributed by atoms with Crippen molar-refractivity contribution in [3.8, 4) is 11.1 Å². The van der Waals surface area contributed by atoms with E-state index in [9.17, 15) is 24.6 Å². The third-order valence-corrected chi connectivity index (χ3v) is 11.1. The van der Waals surface area contributed by atoms with Gasteiger partial charge in [-0.15, -0.1) is 0 Å². The smallest absolute Gasteiger partial charge is 0.333 e. The fourth-order valence-electron chi connectivity index (χ4n) is 7.39. The molecule has 54 heavy (non-hydrogen) atoms. The van der Waals surface area contributed by atoms with Gasteiger partial charge in [0.05, 0.1) is 11.3 Å². The van der Waals surface area contributed by atoms with E-state index < -0.39 is 35.2 Å². The maximum atomic E-state index is 13.1. The van der Waals surface area contributed by atoms with Crippen LogP contribution in [0, 0.1) is 23.2 Å². The minimum absolute atomic E-state index is 0.174. The van der Waals surface area contributed by atoms with Crippen molar-refractivity contribution in [2.75, 3.05) is 33.0 Å². The van der Waals surface area contributed by atoms with E-state index in [0.29, 0.717) is 18.8 Å². The molecule has 1 aliphatic carbocycles. The number of benzene rings is 2. The van der Waals surface area contributed by atoms with Crippen LogP contribution in [-0.2, 0) is 41.4 Å². The number of ether oxygens (including phenoxy) is 3. The van der Waals surface area contributed by atoms with Crippen LogP contribution in [0.4, 0.5) is 0 Å². The summed E-state index contributed by atoms with van der Waals surface area (Å²) in [5.74, 6) is -1.25. The van der Waals surface area contributed by atoms with E-state index in [1.165, 1.54) is 68.1 Å². The van der Waals surface area contributed by atoms with Crippen LogP contribution in [0.2, 0.25) is 0 Å². The quantitative estimate of drug-likeness (QED) is 0.0501. The molecule has 1 fully saturated rings. The lowest BCUT2D eigenvalue weighted by Gasteiger charge is -2.33. The second-order valence-electron chi connectivity index (χ2n) is 15.9. The summed E-state index contributed by atoms with van der Waals surface area (Å²) in [6.45, 7) is 15.5. The lowest BCUT2D eigenvalue weighted by atomic mass is 9.77. The molecule has 0 heterocycles. The highest BCUT2D eigenvalue weighted by Gasteiger charge is 2.37. The maximum absolute atomic E-state index is 13.1. The highest BCUT2D eigenvalue weighted by Crippen LogP contribution is 2.38. The highest BCUT2D eigenvalue weighted by atomic mass is 16.6. The highest BCUT2D eigenvalue weighted by molar-refractivity contribution is 5.87. The number of carbonyl (C=O) groups is 3. The summed E-state index contributed by atoms with van der Waals surface area (Å²) in [6, 6.07) is 15.6. The molecular weight excluding hydrogens is 680 g/mol. The SMILES string of the molecule is C=C(C)C(=O)OCC(CCc1ccc(-c2ccc(C3CCC(CCCCC)CC3)cc2)cc1CC)(COC(=O)C(=C)C)COC(=O)C(C)CC(CO)CO. The molecule has 1 atom stereocenters. The zero-order valence-electron chi connectivity index (χ0n) is 33.6. The van der Waals surface area contributed by atoms with Gasteiger partial charge in [0.2, 0.25) is 0 Å². The average Bonchev–Trinajstić information content (AvgIpc) is 3.19. The van der Waals surface area contributed by atoms with Gasteiger partial charge in [0.1, 0.15) is 19.8 Å². The Bertz CT molecular complexity index is 1480. The molecule has 0 aliphatic heterocycles. The van der Waals surface area contributed by atoms with Crippen molar-refractivity contribution in [2.24, 2.45) is 23.2 Å². The van der Waals surface area contributed by atoms with Crippen molar-refractivity contribution in [1.82, 2.24) is 0 Å². The zero-order chi connectivity index (χ0) is 39.7. The maximum Gasteiger partial charge on any atom is 0.333 e. The first-order valence-corrected chi connectivity index (χ1v) is 20.1. The average molecular weight is 747 g/mol. The van der Waals surface area contributed by atoms with Gasteiger partial charge in [-0.1, -0.05) is 102 Å². The van der Waals surface area contributed by atoms with E-state index >= 15 is 0 Å². The molecule has 298 valence electrons. The summed E-state index contributed by atoms with van der Waals surface area (Å²) in [7, 11) is 0. The molecule has 1 saturated carbocycles. The van der Waals surface area contributed by atoms with Gasteiger partial charge in [-0.2, -0.15) is 0 Å². The number of aliphatic hydroxyl groups excluding tert-OH is 2. The molecule has 2 aromatic carbocycles. The van der Waals surface area contributed by atoms with Gasteiger partial charge in [0, 0.05) is 30.3 Å². The van der Waals surface area contributed by atoms with Crippen molar-refractivity contribution in [3.05, 3.63) is 83.5 Å². The lowest BCUT2D eigenvalue weighted by Crippen LogP contribution is -2.41. The van der Waals surface area contributed by atoms with Gasteiger partial charge in [-0.3, -0.25) is 4.79 Å². The first kappa shape index (κ1) is 44.6. The van der Waals surface area contributed by atoms with Crippen molar-refractivity contribution in [2.45, 2.75) is 118 Å². The Morgan fingerprint density at radius 1 is 0.796 bits per heavy atom. The van der Waals surface area contributed by atoms with E-state index in [1.807, 2.05) is 0 Å². The first-order valence-electron chi connectivity index (χ1n) is 20.1. The van der Waals surface area contributed by atoms with Crippen molar-refractivity contribution in [3.63, 3.8) is 0 Å². The second-order valence-corrected chi connectivity index (χ2v) is 15.9. The van der Waals surface area contributed by atoms with E-state index in [1.54, 1.807) is 20.8 Å². The molecular formula is C46H66O8. The van der Waals surface area contributed by atoms with Crippen molar-refractivity contribution >= 4 is 17.9 Å². The van der Waals surface area contributed by atoms with Gasteiger partial charge >= 0.3 is 17.9 Å². The van der Waals surface area contributed by atoms with Gasteiger partial charge in [-0.25, -0.2) is 9.59 Å². The summed E-state index contributed by atoms with van der Waals surface area (Å²) >= 11 is 0.